The van der Waals surface area contributed by atoms with E-state index in [0.717, 1.165) is 0 Å². The van der Waals surface area contributed by atoms with Gasteiger partial charge in [-0.05, 0) is 36.8 Å². The summed E-state index contributed by atoms with van der Waals surface area (Å²) in [7, 11) is 5.99. The second-order valence-electron chi connectivity index (χ2n) is 6.12. The van der Waals surface area contributed by atoms with Crippen LogP contribution in [0.1, 0.15) is 28.4 Å². The van der Waals surface area contributed by atoms with Gasteiger partial charge in [-0.2, -0.15) is 0 Å². The molecule has 0 saturated heterocycles. The van der Waals surface area contributed by atoms with Gasteiger partial charge in [0.2, 0.25) is 11.6 Å². The molecule has 0 radical (unpaired) electrons. The van der Waals surface area contributed by atoms with Crippen LogP contribution < -0.4 is 18.9 Å². The number of allylic oxidation sites excluding steroid dienone is 1. The van der Waals surface area contributed by atoms with Crippen LogP contribution in [0.3, 0.4) is 0 Å². The van der Waals surface area contributed by atoms with Gasteiger partial charge in [0, 0.05) is 11.1 Å². The average molecular weight is 398 g/mol. The van der Waals surface area contributed by atoms with E-state index in [1.165, 1.54) is 34.5 Å². The molecule has 152 valence electrons. The summed E-state index contributed by atoms with van der Waals surface area (Å²) in [6, 6.07) is 8.15. The van der Waals surface area contributed by atoms with E-state index in [-0.39, 0.29) is 11.1 Å². The maximum Gasteiger partial charge on any atom is 0.237 e. The Labute approximate surface area is 168 Å². The fourth-order valence-corrected chi connectivity index (χ4v) is 3.28. The monoisotopic (exact) mass is 398 g/mol. The molecular formula is C22H22O7. The first-order valence-electron chi connectivity index (χ1n) is 8.95. The van der Waals surface area contributed by atoms with Gasteiger partial charge >= 0.3 is 0 Å². The van der Waals surface area contributed by atoms with Gasteiger partial charge in [-0.15, -0.1) is 0 Å². The van der Waals surface area contributed by atoms with Crippen molar-refractivity contribution in [2.75, 3.05) is 35.0 Å². The minimum absolute atomic E-state index is 0.164. The maximum absolute atomic E-state index is 13.1. The third-order valence-corrected chi connectivity index (χ3v) is 4.63. The molecule has 0 unspecified atom stereocenters. The number of benzene rings is 2. The van der Waals surface area contributed by atoms with Crippen molar-refractivity contribution in [3.05, 3.63) is 47.0 Å². The van der Waals surface area contributed by atoms with Gasteiger partial charge in [-0.3, -0.25) is 9.59 Å². The molecule has 0 aromatic heterocycles. The lowest BCUT2D eigenvalue weighted by Crippen LogP contribution is -2.24. The summed E-state index contributed by atoms with van der Waals surface area (Å²) in [6.07, 6.45) is 0. The molecule has 0 N–H and O–H groups in total. The van der Waals surface area contributed by atoms with Crippen molar-refractivity contribution in [2.45, 2.75) is 6.92 Å². The van der Waals surface area contributed by atoms with Crippen LogP contribution >= 0.6 is 0 Å². The smallest absolute Gasteiger partial charge is 0.237 e. The van der Waals surface area contributed by atoms with Gasteiger partial charge in [0.1, 0.15) is 5.76 Å². The predicted molar refractivity (Wildman–Crippen MR) is 107 cm³/mol. The van der Waals surface area contributed by atoms with Crippen LogP contribution in [0.5, 0.6) is 23.0 Å². The minimum atomic E-state index is -0.666. The van der Waals surface area contributed by atoms with E-state index >= 15 is 0 Å². The molecule has 1 aliphatic rings. The highest BCUT2D eigenvalue weighted by Gasteiger charge is 2.36. The molecule has 0 spiro atoms. The zero-order valence-corrected chi connectivity index (χ0v) is 17.0. The summed E-state index contributed by atoms with van der Waals surface area (Å²) in [6.45, 7) is 2.11. The van der Waals surface area contributed by atoms with Crippen LogP contribution in [-0.4, -0.2) is 46.6 Å². The zero-order valence-electron chi connectivity index (χ0n) is 17.0. The van der Waals surface area contributed by atoms with Crippen molar-refractivity contribution in [3.8, 4) is 23.0 Å². The van der Waals surface area contributed by atoms with E-state index in [1.807, 2.05) is 0 Å². The summed E-state index contributed by atoms with van der Waals surface area (Å²) in [5.41, 5.74) is 1.33. The summed E-state index contributed by atoms with van der Waals surface area (Å²) < 4.78 is 27.1. The minimum Gasteiger partial charge on any atom is -0.493 e. The lowest BCUT2D eigenvalue weighted by molar-refractivity contribution is -0.110. The van der Waals surface area contributed by atoms with E-state index in [9.17, 15) is 9.59 Å². The zero-order chi connectivity index (χ0) is 21.1. The number of fused-ring (bicyclic) bond motifs is 1. The fourth-order valence-electron chi connectivity index (χ4n) is 3.28. The van der Waals surface area contributed by atoms with Crippen LogP contribution in [-0.2, 0) is 9.53 Å². The van der Waals surface area contributed by atoms with Crippen molar-refractivity contribution < 1.29 is 33.3 Å². The van der Waals surface area contributed by atoms with Crippen molar-refractivity contribution in [1.82, 2.24) is 0 Å². The first kappa shape index (κ1) is 20.3. The number of methoxy groups -OCH3 is 4. The SMILES string of the molecule is CCOC1=C(c2ccc(OC)c(OC)c2)C(=O)C(=O)c2cc(OC)c(OC)cc21. The molecule has 7 nitrogen and oxygen atoms in total. The molecule has 7 heteroatoms. The third kappa shape index (κ3) is 3.40. The molecule has 1 aliphatic carbocycles. The first-order chi connectivity index (χ1) is 14.0. The average Bonchev–Trinajstić information content (AvgIpc) is 2.76. The number of hydrogen-bond acceptors (Lipinski definition) is 7. The Morgan fingerprint density at radius 3 is 1.79 bits per heavy atom. The molecule has 0 heterocycles. The van der Waals surface area contributed by atoms with E-state index in [0.29, 0.717) is 46.5 Å². The molecule has 0 atom stereocenters. The Balaban J connectivity index is 2.32. The molecule has 0 fully saturated rings. The van der Waals surface area contributed by atoms with E-state index < -0.39 is 11.6 Å². The van der Waals surface area contributed by atoms with Crippen molar-refractivity contribution >= 4 is 22.9 Å². The number of carbonyl (C=O) groups excluding carboxylic acids is 2. The molecule has 0 amide bonds. The second-order valence-corrected chi connectivity index (χ2v) is 6.12. The molecule has 29 heavy (non-hydrogen) atoms. The molecule has 0 aliphatic heterocycles. The number of carbonyl (C=O) groups is 2. The van der Waals surface area contributed by atoms with Gasteiger partial charge in [0.25, 0.3) is 0 Å². The van der Waals surface area contributed by atoms with Crippen LogP contribution in [0.2, 0.25) is 0 Å². The molecule has 0 bridgehead atoms. The molecule has 2 aromatic carbocycles. The van der Waals surface area contributed by atoms with E-state index in [2.05, 4.69) is 0 Å². The Hall–Kier alpha value is -3.48. The van der Waals surface area contributed by atoms with Gasteiger partial charge in [0.15, 0.2) is 23.0 Å². The van der Waals surface area contributed by atoms with Crippen molar-refractivity contribution in [3.63, 3.8) is 0 Å². The Morgan fingerprint density at radius 2 is 1.24 bits per heavy atom. The fraction of sp³-hybridized carbons (Fsp3) is 0.273. The summed E-state index contributed by atoms with van der Waals surface area (Å²) in [5.74, 6) is 0.729. The Morgan fingerprint density at radius 1 is 0.690 bits per heavy atom. The quantitative estimate of drug-likeness (QED) is 0.662. The maximum atomic E-state index is 13.1. The normalized spacial score (nSPS) is 13.1. The number of hydrogen-bond donors (Lipinski definition) is 0. The van der Waals surface area contributed by atoms with Gasteiger partial charge in [0.05, 0.1) is 40.6 Å². The molecular weight excluding hydrogens is 376 g/mol. The third-order valence-electron chi connectivity index (χ3n) is 4.63. The molecule has 3 rings (SSSR count). The van der Waals surface area contributed by atoms with Crippen LogP contribution in [0.4, 0.5) is 0 Å². The Bertz CT molecular complexity index is 1000. The standard InChI is InChI=1S/C22H22O7/c1-6-29-22-14-11-18(28-5)17(27-4)10-13(14)20(23)21(24)19(22)12-7-8-15(25-2)16(9-12)26-3/h7-11H,6H2,1-5H3. The van der Waals surface area contributed by atoms with Crippen LogP contribution in [0.15, 0.2) is 30.3 Å². The molecule has 2 aromatic rings. The first-order valence-corrected chi connectivity index (χ1v) is 8.95. The van der Waals surface area contributed by atoms with E-state index in [1.54, 1.807) is 31.2 Å². The summed E-state index contributed by atoms with van der Waals surface area (Å²) >= 11 is 0. The van der Waals surface area contributed by atoms with E-state index in [4.69, 9.17) is 23.7 Å². The number of Topliss-reactive ketones (excluding diaryl/α,β-unsaturated/α-hetero) is 2. The number of ketones is 2. The van der Waals surface area contributed by atoms with Crippen molar-refractivity contribution in [1.29, 1.82) is 0 Å². The largest absolute Gasteiger partial charge is 0.493 e. The number of rotatable bonds is 7. The topological polar surface area (TPSA) is 80.3 Å². The van der Waals surface area contributed by atoms with Crippen molar-refractivity contribution in [2.24, 2.45) is 0 Å². The summed E-state index contributed by atoms with van der Waals surface area (Å²) in [5, 5.41) is 0. The predicted octanol–water partition coefficient (Wildman–Crippen LogP) is 3.39. The second kappa shape index (κ2) is 8.26. The highest BCUT2D eigenvalue weighted by Crippen LogP contribution is 2.42. The lowest BCUT2D eigenvalue weighted by atomic mass is 9.84. The van der Waals surface area contributed by atoms with Gasteiger partial charge < -0.3 is 23.7 Å². The highest BCUT2D eigenvalue weighted by atomic mass is 16.5. The highest BCUT2D eigenvalue weighted by molar-refractivity contribution is 6.62. The lowest BCUT2D eigenvalue weighted by Gasteiger charge is -2.23. The van der Waals surface area contributed by atoms with Gasteiger partial charge in [-0.1, -0.05) is 6.07 Å². The molecule has 0 saturated carbocycles. The van der Waals surface area contributed by atoms with Crippen LogP contribution in [0, 0.1) is 0 Å². The van der Waals surface area contributed by atoms with Gasteiger partial charge in [-0.25, -0.2) is 0 Å². The summed E-state index contributed by atoms with van der Waals surface area (Å²) in [4.78, 5) is 26.0. The Kier molecular flexibility index (Phi) is 5.77. The van der Waals surface area contributed by atoms with Crippen LogP contribution in [0.25, 0.3) is 11.3 Å². The number of ether oxygens (including phenoxy) is 5.